The minimum Gasteiger partial charge on any atom is -0.391 e. The molecular weight excluding hydrogens is 452 g/mol. The van der Waals surface area contributed by atoms with Crippen molar-refractivity contribution in [3.05, 3.63) is 41.1 Å². The smallest absolute Gasteiger partial charge is 0.249 e. The normalized spacial score (nSPS) is 24.3. The lowest BCUT2D eigenvalue weighted by Crippen LogP contribution is -2.59. The molecule has 2 N–H and O–H groups in total. The average Bonchev–Trinajstić information content (AvgIpc) is 3.48. The van der Waals surface area contributed by atoms with Crippen LogP contribution < -0.4 is 5.32 Å². The Morgan fingerprint density at radius 2 is 1.97 bits per heavy atom. The molecule has 0 saturated carbocycles. The molecule has 3 aliphatic rings. The number of benzene rings is 1. The van der Waals surface area contributed by atoms with E-state index in [9.17, 15) is 19.5 Å². The molecule has 1 aromatic rings. The predicted molar refractivity (Wildman–Crippen MR) is 128 cm³/mol. The van der Waals surface area contributed by atoms with E-state index in [0.717, 1.165) is 23.2 Å². The lowest BCUT2D eigenvalue weighted by Gasteiger charge is -2.37. The van der Waals surface area contributed by atoms with Gasteiger partial charge in [-0.2, -0.15) is 0 Å². The number of rotatable bonds is 7. The van der Waals surface area contributed by atoms with Crippen LogP contribution in [0.2, 0.25) is 0 Å². The van der Waals surface area contributed by atoms with Gasteiger partial charge in [-0.1, -0.05) is 24.3 Å². The molecular formula is C25H32N4O6. The number of hydrogen-bond donors (Lipinski definition) is 2. The van der Waals surface area contributed by atoms with E-state index in [1.807, 2.05) is 37.4 Å². The monoisotopic (exact) mass is 484 g/mol. The second kappa shape index (κ2) is 11.1. The van der Waals surface area contributed by atoms with Crippen molar-refractivity contribution in [3.63, 3.8) is 0 Å². The second-order valence-electron chi connectivity index (χ2n) is 9.00. The molecule has 3 heterocycles. The van der Waals surface area contributed by atoms with Crippen molar-refractivity contribution >= 4 is 29.5 Å². The molecule has 3 atom stereocenters. The molecule has 0 unspecified atom stereocenters. The Labute approximate surface area is 204 Å². The molecule has 4 rings (SSSR count). The van der Waals surface area contributed by atoms with Gasteiger partial charge in [-0.25, -0.2) is 0 Å². The molecule has 35 heavy (non-hydrogen) atoms. The molecule has 10 heteroatoms. The van der Waals surface area contributed by atoms with Crippen LogP contribution in [0.25, 0.3) is 5.57 Å². The molecule has 10 nitrogen and oxygen atoms in total. The van der Waals surface area contributed by atoms with Crippen molar-refractivity contribution in [1.82, 2.24) is 15.1 Å². The lowest BCUT2D eigenvalue weighted by molar-refractivity contribution is -0.157. The first kappa shape index (κ1) is 25.0. The number of nitrogens with one attached hydrogen (secondary N) is 1. The summed E-state index contributed by atoms with van der Waals surface area (Å²) < 4.78 is 10.4. The van der Waals surface area contributed by atoms with Crippen LogP contribution in [-0.4, -0.2) is 97.1 Å². The number of methoxy groups -OCH3 is 1. The van der Waals surface area contributed by atoms with Gasteiger partial charge in [0.2, 0.25) is 17.7 Å². The number of aliphatic hydroxyl groups is 1. The number of morpholine rings is 1. The van der Waals surface area contributed by atoms with Gasteiger partial charge in [0.1, 0.15) is 18.7 Å². The maximum atomic E-state index is 13.3. The number of nitrogens with zero attached hydrogens (tertiary/aromatic N) is 3. The summed E-state index contributed by atoms with van der Waals surface area (Å²) in [5.74, 6) is -1.06. The molecule has 0 bridgehead atoms. The van der Waals surface area contributed by atoms with Crippen LogP contribution in [-0.2, 0) is 30.4 Å². The summed E-state index contributed by atoms with van der Waals surface area (Å²) in [5, 5.41) is 13.1. The van der Waals surface area contributed by atoms with Crippen molar-refractivity contribution < 1.29 is 29.0 Å². The zero-order valence-corrected chi connectivity index (χ0v) is 20.1. The third-order valence-electron chi connectivity index (χ3n) is 6.65. The van der Waals surface area contributed by atoms with Crippen LogP contribution in [0, 0.1) is 0 Å². The zero-order chi connectivity index (χ0) is 24.9. The Morgan fingerprint density at radius 3 is 2.66 bits per heavy atom. The first-order chi connectivity index (χ1) is 16.9. The highest BCUT2D eigenvalue weighted by Crippen LogP contribution is 2.26. The summed E-state index contributed by atoms with van der Waals surface area (Å²) in [6, 6.07) is 6.27. The lowest BCUT2D eigenvalue weighted by atomic mass is 10.0. The Bertz CT molecular complexity index is 1020. The van der Waals surface area contributed by atoms with Gasteiger partial charge in [-0.05, 0) is 23.6 Å². The van der Waals surface area contributed by atoms with Gasteiger partial charge in [0.05, 0.1) is 19.3 Å². The standard InChI is InChI=1S/C25H32N4O6/c1-16-20(7-8-26-16)18-5-3-17(4-6-18)12-27-24(32)21-11-19(30)13-29(21)25(33)22-14-35-10-9-28(22)23(31)15-34-2/h3-6,8,19,21-22,30H,7,9-15H2,1-2H3,(H,27,32)/t19-,21+,22+/m1/s1. The summed E-state index contributed by atoms with van der Waals surface area (Å²) >= 11 is 0. The highest BCUT2D eigenvalue weighted by Gasteiger charge is 2.44. The minimum atomic E-state index is -0.850. The van der Waals surface area contributed by atoms with Crippen LogP contribution in [0.3, 0.4) is 0 Å². The summed E-state index contributed by atoms with van der Waals surface area (Å²) in [4.78, 5) is 45.9. The van der Waals surface area contributed by atoms with Gasteiger partial charge in [0.25, 0.3) is 0 Å². The topological polar surface area (TPSA) is 121 Å². The quantitative estimate of drug-likeness (QED) is 0.576. The molecule has 188 valence electrons. The van der Waals surface area contributed by atoms with Crippen molar-refractivity contribution in [2.24, 2.45) is 4.99 Å². The first-order valence-electron chi connectivity index (χ1n) is 11.8. The number of carbonyl (C=O) groups is 3. The maximum Gasteiger partial charge on any atom is 0.249 e. The number of aliphatic imine (C=N–C) groups is 1. The van der Waals surface area contributed by atoms with Crippen molar-refractivity contribution in [2.45, 2.75) is 44.5 Å². The minimum absolute atomic E-state index is 0.0327. The number of hydrogen-bond acceptors (Lipinski definition) is 7. The number of amides is 3. The van der Waals surface area contributed by atoms with Gasteiger partial charge in [-0.3, -0.25) is 19.4 Å². The number of allylic oxidation sites excluding steroid dienone is 2. The fourth-order valence-corrected chi connectivity index (χ4v) is 4.77. The Kier molecular flexibility index (Phi) is 7.94. The predicted octanol–water partition coefficient (Wildman–Crippen LogP) is 0.344. The summed E-state index contributed by atoms with van der Waals surface area (Å²) in [6.07, 6.45) is 2.04. The highest BCUT2D eigenvalue weighted by atomic mass is 16.5. The van der Waals surface area contributed by atoms with E-state index < -0.39 is 24.1 Å². The number of aliphatic hydroxyl groups excluding tert-OH is 1. The summed E-state index contributed by atoms with van der Waals surface area (Å²) in [7, 11) is 1.42. The summed E-state index contributed by atoms with van der Waals surface area (Å²) in [5.41, 5.74) is 4.24. The van der Waals surface area contributed by atoms with E-state index in [4.69, 9.17) is 9.47 Å². The Hall–Kier alpha value is -3.08. The van der Waals surface area contributed by atoms with E-state index in [1.165, 1.54) is 22.5 Å². The van der Waals surface area contributed by atoms with Crippen LogP contribution in [0.1, 0.15) is 30.9 Å². The van der Waals surface area contributed by atoms with E-state index in [1.54, 1.807) is 0 Å². The fraction of sp³-hybridized carbons (Fsp3) is 0.520. The third kappa shape index (κ3) is 5.61. The van der Waals surface area contributed by atoms with Crippen LogP contribution in [0.15, 0.2) is 35.0 Å². The number of carbonyl (C=O) groups excluding carboxylic acids is 3. The molecule has 0 aromatic heterocycles. The van der Waals surface area contributed by atoms with Gasteiger partial charge >= 0.3 is 0 Å². The fourth-order valence-electron chi connectivity index (χ4n) is 4.77. The number of likely N-dealkylation sites (tertiary alicyclic amines) is 1. The molecule has 2 saturated heterocycles. The van der Waals surface area contributed by atoms with Gasteiger partial charge in [0.15, 0.2) is 0 Å². The number of ether oxygens (including phenoxy) is 2. The molecule has 2 fully saturated rings. The zero-order valence-electron chi connectivity index (χ0n) is 20.1. The van der Waals surface area contributed by atoms with Gasteiger partial charge in [0, 0.05) is 51.5 Å². The SMILES string of the molecule is COCC(=O)N1CCOC[C@H]1C(=O)N1C[C@H](O)C[C@H]1C(=O)NCc1ccc(C2=C(C)N=CC2)cc1. The molecule has 1 aromatic carbocycles. The highest BCUT2D eigenvalue weighted by molar-refractivity contribution is 5.93. The molecule has 3 amide bonds. The molecule has 0 radical (unpaired) electrons. The average molecular weight is 485 g/mol. The molecule has 3 aliphatic heterocycles. The first-order valence-corrected chi connectivity index (χ1v) is 11.8. The third-order valence-corrected chi connectivity index (χ3v) is 6.65. The maximum absolute atomic E-state index is 13.3. The van der Waals surface area contributed by atoms with E-state index in [-0.39, 0.29) is 44.5 Å². The van der Waals surface area contributed by atoms with Crippen molar-refractivity contribution in [1.29, 1.82) is 0 Å². The van der Waals surface area contributed by atoms with E-state index in [2.05, 4.69) is 10.3 Å². The summed E-state index contributed by atoms with van der Waals surface area (Å²) in [6.45, 7) is 2.82. The Morgan fingerprint density at radius 1 is 1.20 bits per heavy atom. The molecule has 0 spiro atoms. The van der Waals surface area contributed by atoms with Crippen LogP contribution in [0.4, 0.5) is 0 Å². The largest absolute Gasteiger partial charge is 0.391 e. The number of β-amino-alcohol motifs (C(OH)–C–C–N with tert-alkyl or cyclic N) is 1. The molecule has 0 aliphatic carbocycles. The van der Waals surface area contributed by atoms with Gasteiger partial charge < -0.3 is 29.7 Å². The van der Waals surface area contributed by atoms with Crippen molar-refractivity contribution in [2.75, 3.05) is 40.0 Å². The van der Waals surface area contributed by atoms with Crippen molar-refractivity contribution in [3.8, 4) is 0 Å². The van der Waals surface area contributed by atoms with Crippen LogP contribution in [0.5, 0.6) is 0 Å². The van der Waals surface area contributed by atoms with Crippen LogP contribution >= 0.6 is 0 Å². The van der Waals surface area contributed by atoms with E-state index in [0.29, 0.717) is 13.2 Å². The Balaban J connectivity index is 1.39. The second-order valence-corrected chi connectivity index (χ2v) is 9.00. The van der Waals surface area contributed by atoms with E-state index >= 15 is 0 Å². The van der Waals surface area contributed by atoms with Gasteiger partial charge in [-0.15, -0.1) is 0 Å².